The highest BCUT2D eigenvalue weighted by Crippen LogP contribution is 2.44. The predicted molar refractivity (Wildman–Crippen MR) is 130 cm³/mol. The van der Waals surface area contributed by atoms with Crippen molar-refractivity contribution in [2.45, 2.75) is 18.8 Å². The summed E-state index contributed by atoms with van der Waals surface area (Å²) in [7, 11) is 1.38. The van der Waals surface area contributed by atoms with Gasteiger partial charge in [-0.2, -0.15) is 0 Å². The Labute approximate surface area is 203 Å². The number of benzene rings is 3. The Kier molecular flexibility index (Phi) is 7.42. The van der Waals surface area contributed by atoms with E-state index in [1.54, 1.807) is 18.2 Å². The van der Waals surface area contributed by atoms with Gasteiger partial charge in [-0.15, -0.1) is 0 Å². The molecule has 0 heterocycles. The molecule has 0 atom stereocenters. The average molecular weight is 475 g/mol. The molecule has 0 fully saturated rings. The smallest absolute Gasteiger partial charge is 0.411 e. The monoisotopic (exact) mass is 474 g/mol. The average Bonchev–Trinajstić information content (AvgIpc) is 3.18. The van der Waals surface area contributed by atoms with Crippen molar-refractivity contribution >= 4 is 23.7 Å². The van der Waals surface area contributed by atoms with Crippen LogP contribution >= 0.6 is 0 Å². The summed E-state index contributed by atoms with van der Waals surface area (Å²) in [4.78, 5) is 40.0. The normalized spacial score (nSPS) is 11.9. The summed E-state index contributed by atoms with van der Waals surface area (Å²) in [6, 6.07) is 23.4. The number of amides is 2. The standard InChI is InChI=1S/C27H26N2O6/c1-29(35-17-26(31)32)25(30)14-13-18-7-6-8-19(15-18)28-27(33)34-16-24-22-11-4-2-9-20(22)21-10-3-5-12-23(21)24/h2-12,15,24H,13-14,16-17H2,1H3,(H,28,33)(H,31,32). The van der Waals surface area contributed by atoms with Gasteiger partial charge in [0.05, 0.1) is 0 Å². The van der Waals surface area contributed by atoms with Gasteiger partial charge in [0, 0.05) is 25.1 Å². The molecule has 0 bridgehead atoms. The van der Waals surface area contributed by atoms with Gasteiger partial charge in [0.2, 0.25) is 5.91 Å². The van der Waals surface area contributed by atoms with Crippen molar-refractivity contribution in [3.05, 3.63) is 89.5 Å². The molecule has 1 aliphatic rings. The zero-order valence-corrected chi connectivity index (χ0v) is 19.3. The number of aryl methyl sites for hydroxylation is 1. The number of hydroxylamine groups is 2. The number of hydrogen-bond acceptors (Lipinski definition) is 5. The number of carbonyl (C=O) groups is 3. The topological polar surface area (TPSA) is 105 Å². The molecule has 180 valence electrons. The number of anilines is 1. The zero-order valence-electron chi connectivity index (χ0n) is 19.3. The number of carboxylic acids is 1. The number of carbonyl (C=O) groups excluding carboxylic acids is 2. The summed E-state index contributed by atoms with van der Waals surface area (Å²) < 4.78 is 5.58. The van der Waals surface area contributed by atoms with Crippen LogP contribution < -0.4 is 5.32 Å². The summed E-state index contributed by atoms with van der Waals surface area (Å²) in [6.45, 7) is -0.363. The van der Waals surface area contributed by atoms with E-state index < -0.39 is 18.7 Å². The Hall–Kier alpha value is -4.17. The second kappa shape index (κ2) is 10.8. The molecule has 3 aromatic rings. The molecule has 2 amide bonds. The Morgan fingerprint density at radius 2 is 1.60 bits per heavy atom. The first kappa shape index (κ1) is 24.0. The summed E-state index contributed by atoms with van der Waals surface area (Å²) in [6.07, 6.45) is -0.0217. The van der Waals surface area contributed by atoms with Gasteiger partial charge < -0.3 is 9.84 Å². The summed E-state index contributed by atoms with van der Waals surface area (Å²) in [5.41, 5.74) is 6.01. The maximum Gasteiger partial charge on any atom is 0.411 e. The Balaban J connectivity index is 1.31. The molecule has 0 aliphatic heterocycles. The Bertz CT molecular complexity index is 1200. The van der Waals surface area contributed by atoms with Crippen molar-refractivity contribution in [1.82, 2.24) is 5.06 Å². The van der Waals surface area contributed by atoms with E-state index in [-0.39, 0.29) is 24.9 Å². The largest absolute Gasteiger partial charge is 0.479 e. The molecule has 8 nitrogen and oxygen atoms in total. The first-order valence-electron chi connectivity index (χ1n) is 11.2. The van der Waals surface area contributed by atoms with E-state index in [4.69, 9.17) is 14.7 Å². The van der Waals surface area contributed by atoms with Crippen LogP contribution in [0.1, 0.15) is 29.0 Å². The van der Waals surface area contributed by atoms with Crippen LogP contribution in [0.2, 0.25) is 0 Å². The fourth-order valence-corrected chi connectivity index (χ4v) is 4.19. The molecule has 1 aliphatic carbocycles. The maximum absolute atomic E-state index is 12.5. The predicted octanol–water partition coefficient (Wildman–Crippen LogP) is 4.45. The van der Waals surface area contributed by atoms with Crippen LogP contribution in [0.3, 0.4) is 0 Å². The minimum atomic E-state index is -1.16. The van der Waals surface area contributed by atoms with Crippen LogP contribution in [-0.2, 0) is 25.6 Å². The fourth-order valence-electron chi connectivity index (χ4n) is 4.19. The Morgan fingerprint density at radius 3 is 2.26 bits per heavy atom. The van der Waals surface area contributed by atoms with Crippen molar-refractivity contribution in [2.24, 2.45) is 0 Å². The Morgan fingerprint density at radius 1 is 0.943 bits per heavy atom. The van der Waals surface area contributed by atoms with Crippen LogP contribution in [0.4, 0.5) is 10.5 Å². The lowest BCUT2D eigenvalue weighted by Gasteiger charge is -2.16. The third-order valence-electron chi connectivity index (χ3n) is 5.88. The van der Waals surface area contributed by atoms with E-state index in [2.05, 4.69) is 29.6 Å². The molecule has 0 saturated carbocycles. The van der Waals surface area contributed by atoms with Gasteiger partial charge in [-0.1, -0.05) is 60.7 Å². The van der Waals surface area contributed by atoms with Crippen molar-refractivity contribution in [3.63, 3.8) is 0 Å². The highest BCUT2D eigenvalue weighted by Gasteiger charge is 2.29. The summed E-state index contributed by atoms with van der Waals surface area (Å²) in [5.74, 6) is -1.52. The van der Waals surface area contributed by atoms with Crippen LogP contribution in [0.25, 0.3) is 11.1 Å². The van der Waals surface area contributed by atoms with Gasteiger partial charge in [-0.3, -0.25) is 14.9 Å². The molecule has 8 heteroatoms. The number of hydrogen-bond donors (Lipinski definition) is 2. The minimum Gasteiger partial charge on any atom is -0.479 e. The molecule has 3 aromatic carbocycles. The molecule has 4 rings (SSSR count). The number of rotatable bonds is 9. The van der Waals surface area contributed by atoms with E-state index in [1.165, 1.54) is 18.2 Å². The van der Waals surface area contributed by atoms with E-state index in [9.17, 15) is 14.4 Å². The number of ether oxygens (including phenoxy) is 1. The fraction of sp³-hybridized carbons (Fsp3) is 0.222. The maximum atomic E-state index is 12.5. The number of nitrogens with zero attached hydrogens (tertiary/aromatic N) is 1. The second-order valence-corrected chi connectivity index (χ2v) is 8.21. The van der Waals surface area contributed by atoms with Crippen molar-refractivity contribution in [2.75, 3.05) is 25.6 Å². The highest BCUT2D eigenvalue weighted by atomic mass is 16.7. The lowest BCUT2D eigenvalue weighted by Crippen LogP contribution is -2.29. The SMILES string of the molecule is CN(OCC(=O)O)C(=O)CCc1cccc(NC(=O)OCC2c3ccccc3-c3ccccc32)c1. The molecule has 0 radical (unpaired) electrons. The van der Waals surface area contributed by atoms with Crippen LogP contribution in [0, 0.1) is 0 Å². The summed E-state index contributed by atoms with van der Waals surface area (Å²) in [5, 5.41) is 12.3. The van der Waals surface area contributed by atoms with Crippen molar-refractivity contribution in [3.8, 4) is 11.1 Å². The van der Waals surface area contributed by atoms with Crippen LogP contribution in [0.5, 0.6) is 0 Å². The zero-order chi connectivity index (χ0) is 24.8. The van der Waals surface area contributed by atoms with Gasteiger partial charge in [0.25, 0.3) is 0 Å². The highest BCUT2D eigenvalue weighted by molar-refractivity contribution is 5.85. The first-order valence-corrected chi connectivity index (χ1v) is 11.2. The molecular weight excluding hydrogens is 448 g/mol. The van der Waals surface area contributed by atoms with Gasteiger partial charge in [-0.05, 0) is 46.4 Å². The minimum absolute atomic E-state index is 0.0224. The summed E-state index contributed by atoms with van der Waals surface area (Å²) >= 11 is 0. The quantitative estimate of drug-likeness (QED) is 0.444. The lowest BCUT2D eigenvalue weighted by molar-refractivity contribution is -0.185. The van der Waals surface area contributed by atoms with Crippen molar-refractivity contribution < 1.29 is 29.1 Å². The number of nitrogens with one attached hydrogen (secondary N) is 1. The number of carboxylic acid groups (broad SMARTS) is 1. The van der Waals surface area contributed by atoms with E-state index in [0.717, 1.165) is 21.8 Å². The molecular formula is C27H26N2O6. The lowest BCUT2D eigenvalue weighted by atomic mass is 9.98. The van der Waals surface area contributed by atoms with Gasteiger partial charge in [0.15, 0.2) is 6.61 Å². The van der Waals surface area contributed by atoms with Gasteiger partial charge in [0.1, 0.15) is 6.61 Å². The van der Waals surface area contributed by atoms with E-state index in [1.807, 2.05) is 30.3 Å². The van der Waals surface area contributed by atoms with Crippen LogP contribution in [0.15, 0.2) is 72.8 Å². The van der Waals surface area contributed by atoms with E-state index in [0.29, 0.717) is 12.1 Å². The molecule has 0 aromatic heterocycles. The van der Waals surface area contributed by atoms with Gasteiger partial charge in [-0.25, -0.2) is 14.7 Å². The van der Waals surface area contributed by atoms with E-state index >= 15 is 0 Å². The molecule has 0 spiro atoms. The molecule has 2 N–H and O–H groups in total. The van der Waals surface area contributed by atoms with Crippen molar-refractivity contribution in [1.29, 1.82) is 0 Å². The molecule has 0 unspecified atom stereocenters. The third-order valence-corrected chi connectivity index (χ3v) is 5.88. The van der Waals surface area contributed by atoms with Crippen LogP contribution in [-0.4, -0.2) is 48.4 Å². The second-order valence-electron chi connectivity index (χ2n) is 8.21. The third kappa shape index (κ3) is 5.85. The number of fused-ring (bicyclic) bond motifs is 3. The molecule has 0 saturated heterocycles. The first-order chi connectivity index (χ1) is 16.9. The molecule has 35 heavy (non-hydrogen) atoms. The van der Waals surface area contributed by atoms with Gasteiger partial charge >= 0.3 is 12.1 Å². The number of aliphatic carboxylic acids is 1.